The second-order valence-corrected chi connectivity index (χ2v) is 4.28. The summed E-state index contributed by atoms with van der Waals surface area (Å²) in [4.78, 5) is 0. The Bertz CT molecular complexity index is 123. The third-order valence-electron chi connectivity index (χ3n) is 1.96. The molecular weight excluding hydrogens is 216 g/mol. The Kier molecular flexibility index (Phi) is 10.6. The standard InChI is InChI=1S/C10H22O2S2/c1-9(12-6-8-14)3-5-11-10(2)4-7-13/h9-10,13-14H,3-8H2,1-2H3. The number of hydrogen-bond acceptors (Lipinski definition) is 4. The first-order valence-electron chi connectivity index (χ1n) is 5.15. The predicted octanol–water partition coefficient (Wildman–Crippen LogP) is 2.44. The first-order chi connectivity index (χ1) is 6.70. The Balaban J connectivity index is 3.25. The van der Waals surface area contributed by atoms with Crippen LogP contribution in [0.3, 0.4) is 0 Å². The average molecular weight is 238 g/mol. The summed E-state index contributed by atoms with van der Waals surface area (Å²) in [6.07, 6.45) is 2.54. The minimum Gasteiger partial charge on any atom is -0.378 e. The van der Waals surface area contributed by atoms with Gasteiger partial charge in [-0.1, -0.05) is 0 Å². The van der Waals surface area contributed by atoms with Crippen molar-refractivity contribution in [1.29, 1.82) is 0 Å². The summed E-state index contributed by atoms with van der Waals surface area (Å²) in [5.41, 5.74) is 0. The van der Waals surface area contributed by atoms with Crippen LogP contribution >= 0.6 is 25.3 Å². The van der Waals surface area contributed by atoms with Crippen molar-refractivity contribution in [3.63, 3.8) is 0 Å². The molecule has 2 unspecified atom stereocenters. The zero-order chi connectivity index (χ0) is 10.8. The van der Waals surface area contributed by atoms with Crippen molar-refractivity contribution in [3.05, 3.63) is 0 Å². The van der Waals surface area contributed by atoms with Gasteiger partial charge in [0.1, 0.15) is 0 Å². The van der Waals surface area contributed by atoms with Crippen LogP contribution in [0.15, 0.2) is 0 Å². The van der Waals surface area contributed by atoms with Crippen molar-refractivity contribution < 1.29 is 9.47 Å². The number of hydrogen-bond donors (Lipinski definition) is 2. The molecule has 0 aromatic carbocycles. The van der Waals surface area contributed by atoms with Crippen LogP contribution in [0.25, 0.3) is 0 Å². The van der Waals surface area contributed by atoms with E-state index < -0.39 is 0 Å². The minimum atomic E-state index is 0.269. The molecule has 14 heavy (non-hydrogen) atoms. The summed E-state index contributed by atoms with van der Waals surface area (Å²) in [7, 11) is 0. The van der Waals surface area contributed by atoms with Crippen LogP contribution in [0, 0.1) is 0 Å². The van der Waals surface area contributed by atoms with Crippen molar-refractivity contribution in [2.24, 2.45) is 0 Å². The molecule has 4 heteroatoms. The van der Waals surface area contributed by atoms with E-state index in [9.17, 15) is 0 Å². The van der Waals surface area contributed by atoms with E-state index in [-0.39, 0.29) is 6.10 Å². The molecule has 0 N–H and O–H groups in total. The van der Waals surface area contributed by atoms with E-state index in [0.29, 0.717) is 6.10 Å². The summed E-state index contributed by atoms with van der Waals surface area (Å²) >= 11 is 8.24. The fraction of sp³-hybridized carbons (Fsp3) is 1.00. The van der Waals surface area contributed by atoms with Crippen molar-refractivity contribution in [3.8, 4) is 0 Å². The highest BCUT2D eigenvalue weighted by atomic mass is 32.1. The SMILES string of the molecule is CC(CCS)OCCC(C)OCCS. The van der Waals surface area contributed by atoms with Gasteiger partial charge < -0.3 is 9.47 Å². The third-order valence-corrected chi connectivity index (χ3v) is 2.40. The molecule has 0 spiro atoms. The molecule has 0 aliphatic carbocycles. The smallest absolute Gasteiger partial charge is 0.0569 e. The Morgan fingerprint density at radius 1 is 0.857 bits per heavy atom. The highest BCUT2D eigenvalue weighted by molar-refractivity contribution is 7.80. The van der Waals surface area contributed by atoms with Crippen LogP contribution in [-0.4, -0.2) is 36.9 Å². The maximum Gasteiger partial charge on any atom is 0.0569 e. The van der Waals surface area contributed by atoms with Gasteiger partial charge in [0.2, 0.25) is 0 Å². The van der Waals surface area contributed by atoms with Gasteiger partial charge in [0.05, 0.1) is 18.8 Å². The summed E-state index contributed by atoms with van der Waals surface area (Å²) in [5, 5.41) is 0. The fourth-order valence-electron chi connectivity index (χ4n) is 1.04. The van der Waals surface area contributed by atoms with E-state index in [1.165, 1.54) is 0 Å². The quantitative estimate of drug-likeness (QED) is 0.601. The van der Waals surface area contributed by atoms with Gasteiger partial charge in [0, 0.05) is 12.4 Å². The Hall–Kier alpha value is 0.620. The predicted molar refractivity (Wildman–Crippen MR) is 67.8 cm³/mol. The van der Waals surface area contributed by atoms with Gasteiger partial charge in [0.15, 0.2) is 0 Å². The third kappa shape index (κ3) is 9.19. The van der Waals surface area contributed by atoms with E-state index in [1.807, 2.05) is 0 Å². The van der Waals surface area contributed by atoms with Crippen LogP contribution in [0.5, 0.6) is 0 Å². The summed E-state index contributed by atoms with van der Waals surface area (Å²) in [5.74, 6) is 1.66. The monoisotopic (exact) mass is 238 g/mol. The number of ether oxygens (including phenoxy) is 2. The molecule has 0 fully saturated rings. The van der Waals surface area contributed by atoms with Crippen LogP contribution in [-0.2, 0) is 9.47 Å². The fourth-order valence-corrected chi connectivity index (χ4v) is 1.51. The van der Waals surface area contributed by atoms with Gasteiger partial charge in [-0.15, -0.1) is 0 Å². The molecular formula is C10H22O2S2. The molecule has 86 valence electrons. The van der Waals surface area contributed by atoms with E-state index in [2.05, 4.69) is 39.1 Å². The molecule has 0 saturated heterocycles. The summed E-state index contributed by atoms with van der Waals surface area (Å²) in [6, 6.07) is 0. The molecule has 0 radical (unpaired) electrons. The lowest BCUT2D eigenvalue weighted by molar-refractivity contribution is 0.0153. The molecule has 0 aromatic rings. The van der Waals surface area contributed by atoms with Crippen LogP contribution in [0.1, 0.15) is 26.7 Å². The Morgan fingerprint density at radius 2 is 1.43 bits per heavy atom. The van der Waals surface area contributed by atoms with Crippen molar-refractivity contribution in [2.75, 3.05) is 24.7 Å². The molecule has 2 nitrogen and oxygen atoms in total. The highest BCUT2D eigenvalue weighted by Gasteiger charge is 2.04. The van der Waals surface area contributed by atoms with E-state index in [0.717, 1.165) is 37.6 Å². The highest BCUT2D eigenvalue weighted by Crippen LogP contribution is 2.03. The van der Waals surface area contributed by atoms with Crippen LogP contribution in [0.4, 0.5) is 0 Å². The zero-order valence-corrected chi connectivity index (χ0v) is 10.9. The van der Waals surface area contributed by atoms with Gasteiger partial charge in [-0.25, -0.2) is 0 Å². The molecule has 0 rings (SSSR count). The lowest BCUT2D eigenvalue weighted by atomic mass is 10.3. The van der Waals surface area contributed by atoms with Gasteiger partial charge >= 0.3 is 0 Å². The maximum absolute atomic E-state index is 5.59. The summed E-state index contributed by atoms with van der Waals surface area (Å²) in [6.45, 7) is 5.63. The van der Waals surface area contributed by atoms with Crippen LogP contribution in [0.2, 0.25) is 0 Å². The number of thiol groups is 2. The van der Waals surface area contributed by atoms with Gasteiger partial charge in [-0.05, 0) is 32.4 Å². The van der Waals surface area contributed by atoms with Crippen molar-refractivity contribution >= 4 is 25.3 Å². The largest absolute Gasteiger partial charge is 0.378 e. The van der Waals surface area contributed by atoms with E-state index in [1.54, 1.807) is 0 Å². The first-order valence-corrected chi connectivity index (χ1v) is 6.42. The maximum atomic E-state index is 5.59. The molecule has 0 bridgehead atoms. The zero-order valence-electron chi connectivity index (χ0n) is 9.11. The molecule has 2 atom stereocenters. The van der Waals surface area contributed by atoms with Crippen LogP contribution < -0.4 is 0 Å². The molecule has 0 amide bonds. The summed E-state index contributed by atoms with van der Waals surface area (Å²) < 4.78 is 11.0. The number of rotatable bonds is 9. The first kappa shape index (κ1) is 14.6. The molecule has 0 aliphatic heterocycles. The molecule has 0 aromatic heterocycles. The average Bonchev–Trinajstić information content (AvgIpc) is 2.15. The van der Waals surface area contributed by atoms with Crippen molar-refractivity contribution in [1.82, 2.24) is 0 Å². The van der Waals surface area contributed by atoms with Gasteiger partial charge in [-0.2, -0.15) is 25.3 Å². The van der Waals surface area contributed by atoms with Gasteiger partial charge in [-0.3, -0.25) is 0 Å². The Morgan fingerprint density at radius 3 is 2.00 bits per heavy atom. The van der Waals surface area contributed by atoms with E-state index >= 15 is 0 Å². The van der Waals surface area contributed by atoms with Gasteiger partial charge in [0.25, 0.3) is 0 Å². The normalized spacial score (nSPS) is 15.4. The second-order valence-electron chi connectivity index (χ2n) is 3.39. The topological polar surface area (TPSA) is 18.5 Å². The second kappa shape index (κ2) is 10.1. The molecule has 0 heterocycles. The Labute approximate surface area is 98.6 Å². The lowest BCUT2D eigenvalue weighted by Gasteiger charge is -2.15. The lowest BCUT2D eigenvalue weighted by Crippen LogP contribution is -2.16. The van der Waals surface area contributed by atoms with Crippen molar-refractivity contribution in [2.45, 2.75) is 38.9 Å². The minimum absolute atomic E-state index is 0.269. The van der Waals surface area contributed by atoms with E-state index in [4.69, 9.17) is 9.47 Å². The molecule has 0 saturated carbocycles. The molecule has 0 aliphatic rings.